The van der Waals surface area contributed by atoms with Crippen LogP contribution in [-0.4, -0.2) is 16.7 Å². The van der Waals surface area contributed by atoms with Crippen molar-refractivity contribution >= 4 is 21.9 Å². The molecule has 1 aromatic carbocycles. The van der Waals surface area contributed by atoms with Crippen LogP contribution in [0, 0.1) is 17.3 Å². The molecule has 124 valence electrons. The van der Waals surface area contributed by atoms with E-state index in [9.17, 15) is 9.90 Å². The van der Waals surface area contributed by atoms with Gasteiger partial charge >= 0.3 is 5.97 Å². The molecule has 1 N–H and O–H groups in total. The summed E-state index contributed by atoms with van der Waals surface area (Å²) in [5.41, 5.74) is 0.497. The van der Waals surface area contributed by atoms with E-state index in [2.05, 4.69) is 15.9 Å². The van der Waals surface area contributed by atoms with Crippen molar-refractivity contribution in [3.8, 4) is 0 Å². The molecule has 0 saturated heterocycles. The summed E-state index contributed by atoms with van der Waals surface area (Å²) in [7, 11) is 0. The van der Waals surface area contributed by atoms with Crippen LogP contribution in [0.15, 0.2) is 28.7 Å². The first-order valence-electron chi connectivity index (χ1n) is 8.56. The molecular weight excluding hydrogens is 356 g/mol. The van der Waals surface area contributed by atoms with Crippen molar-refractivity contribution in [1.82, 2.24) is 0 Å². The summed E-state index contributed by atoms with van der Waals surface area (Å²) < 4.78 is 6.53. The van der Waals surface area contributed by atoms with Crippen LogP contribution in [-0.2, 0) is 16.1 Å². The number of hydrogen-bond donors (Lipinski definition) is 1. The van der Waals surface area contributed by atoms with E-state index >= 15 is 0 Å². The molecule has 3 nitrogen and oxygen atoms in total. The summed E-state index contributed by atoms with van der Waals surface area (Å²) >= 11 is 3.40. The SMILES string of the molecule is O=C(CC12C[C@@H]3C[C@@H](CC(O)(C3)C1)C2)OCc1ccc(Br)cc1. The van der Waals surface area contributed by atoms with Crippen LogP contribution < -0.4 is 0 Å². The van der Waals surface area contributed by atoms with E-state index in [0.717, 1.165) is 42.1 Å². The van der Waals surface area contributed by atoms with Crippen LogP contribution in [0.4, 0.5) is 0 Å². The highest BCUT2D eigenvalue weighted by Gasteiger charge is 2.57. The molecule has 0 aromatic heterocycles. The van der Waals surface area contributed by atoms with E-state index < -0.39 is 5.60 Å². The topological polar surface area (TPSA) is 46.5 Å². The Balaban J connectivity index is 1.38. The van der Waals surface area contributed by atoms with Crippen molar-refractivity contribution in [1.29, 1.82) is 0 Å². The molecule has 4 aliphatic carbocycles. The second-order valence-electron chi connectivity index (χ2n) is 8.15. The van der Waals surface area contributed by atoms with Crippen LogP contribution >= 0.6 is 15.9 Å². The lowest BCUT2D eigenvalue weighted by Gasteiger charge is -2.60. The molecule has 23 heavy (non-hydrogen) atoms. The van der Waals surface area contributed by atoms with E-state index in [0.29, 0.717) is 24.9 Å². The van der Waals surface area contributed by atoms with Crippen molar-refractivity contribution < 1.29 is 14.6 Å². The quantitative estimate of drug-likeness (QED) is 0.797. The number of esters is 1. The molecule has 1 aromatic rings. The lowest BCUT2D eigenvalue weighted by molar-refractivity contribution is -0.177. The van der Waals surface area contributed by atoms with Crippen molar-refractivity contribution in [2.24, 2.45) is 17.3 Å². The Morgan fingerprint density at radius 3 is 2.43 bits per heavy atom. The van der Waals surface area contributed by atoms with Gasteiger partial charge in [-0.05, 0) is 73.5 Å². The average molecular weight is 379 g/mol. The van der Waals surface area contributed by atoms with E-state index in [1.165, 1.54) is 6.42 Å². The van der Waals surface area contributed by atoms with Crippen molar-refractivity contribution in [3.63, 3.8) is 0 Å². The number of carbonyl (C=O) groups is 1. The first-order valence-corrected chi connectivity index (χ1v) is 9.36. The second kappa shape index (κ2) is 5.59. The predicted molar refractivity (Wildman–Crippen MR) is 90.6 cm³/mol. The van der Waals surface area contributed by atoms with Gasteiger partial charge in [-0.1, -0.05) is 28.1 Å². The minimum Gasteiger partial charge on any atom is -0.461 e. The van der Waals surface area contributed by atoms with Gasteiger partial charge in [0, 0.05) is 4.47 Å². The van der Waals surface area contributed by atoms with Crippen LogP contribution in [0.5, 0.6) is 0 Å². The van der Waals surface area contributed by atoms with Crippen LogP contribution in [0.3, 0.4) is 0 Å². The van der Waals surface area contributed by atoms with Gasteiger partial charge in [-0.2, -0.15) is 0 Å². The van der Waals surface area contributed by atoms with Gasteiger partial charge in [0.15, 0.2) is 0 Å². The highest BCUT2D eigenvalue weighted by molar-refractivity contribution is 9.10. The lowest BCUT2D eigenvalue weighted by atomic mass is 9.47. The lowest BCUT2D eigenvalue weighted by Crippen LogP contribution is -2.56. The largest absolute Gasteiger partial charge is 0.461 e. The third-order valence-electron chi connectivity index (χ3n) is 5.98. The van der Waals surface area contributed by atoms with Gasteiger partial charge in [0.25, 0.3) is 0 Å². The molecule has 4 saturated carbocycles. The van der Waals surface area contributed by atoms with Crippen molar-refractivity contribution in [3.05, 3.63) is 34.3 Å². The Labute approximate surface area is 145 Å². The molecule has 4 heteroatoms. The van der Waals surface area contributed by atoms with Gasteiger partial charge in [-0.25, -0.2) is 0 Å². The molecule has 0 spiro atoms. The first kappa shape index (κ1) is 15.6. The number of benzene rings is 1. The summed E-state index contributed by atoms with van der Waals surface area (Å²) in [6.07, 6.45) is 6.59. The van der Waals surface area contributed by atoms with Gasteiger partial charge in [-0.15, -0.1) is 0 Å². The van der Waals surface area contributed by atoms with Gasteiger partial charge in [0.1, 0.15) is 6.61 Å². The zero-order valence-corrected chi connectivity index (χ0v) is 14.8. The molecular formula is C19H23BrO3. The number of aliphatic hydroxyl groups is 1. The Morgan fingerprint density at radius 2 is 1.83 bits per heavy atom. The number of carbonyl (C=O) groups excluding carboxylic acids is 1. The summed E-state index contributed by atoms with van der Waals surface area (Å²) in [5, 5.41) is 10.8. The Hall–Kier alpha value is -0.870. The standard InChI is InChI=1S/C19H23BrO3/c20-16-3-1-13(2-4-16)11-23-17(21)10-18-6-14-5-15(7-18)9-19(22,8-14)12-18/h1-4,14-15,22H,5-12H2/t14-,15+,18?,19?. The summed E-state index contributed by atoms with van der Waals surface area (Å²) in [4.78, 5) is 12.4. The van der Waals surface area contributed by atoms with E-state index in [-0.39, 0.29) is 11.4 Å². The highest BCUT2D eigenvalue weighted by Crippen LogP contribution is 2.62. The number of halogens is 1. The Bertz CT molecular complexity index is 596. The smallest absolute Gasteiger partial charge is 0.306 e. The van der Waals surface area contributed by atoms with Gasteiger partial charge in [-0.3, -0.25) is 4.79 Å². The zero-order valence-electron chi connectivity index (χ0n) is 13.3. The minimum absolute atomic E-state index is 0.00433. The first-order chi connectivity index (χ1) is 10.9. The normalized spacial score (nSPS) is 37.8. The van der Waals surface area contributed by atoms with E-state index in [4.69, 9.17) is 4.74 Å². The molecule has 4 bridgehead atoms. The fourth-order valence-corrected chi connectivity index (χ4v) is 5.97. The molecule has 0 radical (unpaired) electrons. The fourth-order valence-electron chi connectivity index (χ4n) is 5.71. The van der Waals surface area contributed by atoms with Crippen LogP contribution in [0.2, 0.25) is 0 Å². The fraction of sp³-hybridized carbons (Fsp3) is 0.632. The Morgan fingerprint density at radius 1 is 1.17 bits per heavy atom. The Kier molecular flexibility index (Phi) is 3.80. The molecule has 0 heterocycles. The number of hydrogen-bond acceptors (Lipinski definition) is 3. The molecule has 2 unspecified atom stereocenters. The molecule has 4 aliphatic rings. The zero-order chi connectivity index (χ0) is 16.1. The van der Waals surface area contributed by atoms with Gasteiger partial charge < -0.3 is 9.84 Å². The summed E-state index contributed by atoms with van der Waals surface area (Å²) in [6, 6.07) is 7.84. The van der Waals surface area contributed by atoms with Gasteiger partial charge in [0.2, 0.25) is 0 Å². The maximum absolute atomic E-state index is 12.4. The minimum atomic E-state index is -0.504. The molecule has 0 amide bonds. The van der Waals surface area contributed by atoms with Crippen LogP contribution in [0.25, 0.3) is 0 Å². The third-order valence-corrected chi connectivity index (χ3v) is 6.51. The summed E-state index contributed by atoms with van der Waals surface area (Å²) in [6.45, 7) is 0.333. The molecule has 4 atom stereocenters. The van der Waals surface area contributed by atoms with E-state index in [1.807, 2.05) is 24.3 Å². The molecule has 0 aliphatic heterocycles. The van der Waals surface area contributed by atoms with E-state index in [1.54, 1.807) is 0 Å². The predicted octanol–water partition coefficient (Wildman–Crippen LogP) is 4.21. The maximum Gasteiger partial charge on any atom is 0.306 e. The van der Waals surface area contributed by atoms with Crippen molar-refractivity contribution in [2.75, 3.05) is 0 Å². The maximum atomic E-state index is 12.4. The number of ether oxygens (including phenoxy) is 1. The second-order valence-corrected chi connectivity index (χ2v) is 9.06. The van der Waals surface area contributed by atoms with Crippen molar-refractivity contribution in [2.45, 2.75) is 57.2 Å². The third kappa shape index (κ3) is 3.20. The summed E-state index contributed by atoms with van der Waals surface area (Å²) in [5.74, 6) is 1.11. The monoisotopic (exact) mass is 378 g/mol. The highest BCUT2D eigenvalue weighted by atomic mass is 79.9. The van der Waals surface area contributed by atoms with Gasteiger partial charge in [0.05, 0.1) is 12.0 Å². The molecule has 4 fully saturated rings. The molecule has 5 rings (SSSR count). The number of rotatable bonds is 4. The van der Waals surface area contributed by atoms with Crippen LogP contribution in [0.1, 0.15) is 50.5 Å². The average Bonchev–Trinajstić information content (AvgIpc) is 2.43.